The van der Waals surface area contributed by atoms with Crippen LogP contribution in [-0.4, -0.2) is 51.6 Å². The molecule has 4 heterocycles. The number of pyridine rings is 1. The highest BCUT2D eigenvalue weighted by Gasteiger charge is 2.34. The standard InChI is InChI=1S/C29H30ClN7O2/c1-19-4-3-5-23(30)27(19)25(38)13-29(2)6-9-36(10-7-29)26-17-33-24(16-34-26)22-12-21(39-11-8-31)18-37-28(22)20(14-32)15-35-37/h3-5,12,15-18H,6-11,13,31H2,1-2H3. The van der Waals surface area contributed by atoms with Crippen molar-refractivity contribution in [2.45, 2.75) is 33.1 Å². The Labute approximate surface area is 232 Å². The highest BCUT2D eigenvalue weighted by atomic mass is 35.5. The molecule has 39 heavy (non-hydrogen) atoms. The van der Waals surface area contributed by atoms with Gasteiger partial charge in [0.15, 0.2) is 5.78 Å². The number of piperidine rings is 1. The number of ether oxygens (including phenoxy) is 1. The third-order valence-corrected chi connectivity index (χ3v) is 7.71. The zero-order valence-corrected chi connectivity index (χ0v) is 22.8. The van der Waals surface area contributed by atoms with Crippen molar-refractivity contribution in [2.75, 3.05) is 31.1 Å². The number of halogens is 1. The highest BCUT2D eigenvalue weighted by Crippen LogP contribution is 2.38. The van der Waals surface area contributed by atoms with Gasteiger partial charge in [-0.1, -0.05) is 30.7 Å². The van der Waals surface area contributed by atoms with Crippen LogP contribution in [0.1, 0.15) is 47.7 Å². The van der Waals surface area contributed by atoms with Crippen molar-refractivity contribution in [2.24, 2.45) is 11.1 Å². The number of carbonyl (C=O) groups is 1. The van der Waals surface area contributed by atoms with E-state index in [9.17, 15) is 10.1 Å². The van der Waals surface area contributed by atoms with Gasteiger partial charge < -0.3 is 15.4 Å². The summed E-state index contributed by atoms with van der Waals surface area (Å²) in [7, 11) is 0. The average molecular weight is 544 g/mol. The second-order valence-corrected chi connectivity index (χ2v) is 10.7. The number of rotatable bonds is 8. The fraction of sp³-hybridized carbons (Fsp3) is 0.345. The zero-order valence-electron chi connectivity index (χ0n) is 22.0. The van der Waals surface area contributed by atoms with E-state index in [4.69, 9.17) is 32.0 Å². The Bertz CT molecular complexity index is 1530. The van der Waals surface area contributed by atoms with Gasteiger partial charge >= 0.3 is 0 Å². The van der Waals surface area contributed by atoms with Crippen LogP contribution in [0.4, 0.5) is 5.82 Å². The normalized spacial score (nSPS) is 14.8. The van der Waals surface area contributed by atoms with Gasteiger partial charge in [0.25, 0.3) is 0 Å². The first kappa shape index (κ1) is 26.6. The number of Topliss-reactive ketones (excluding diaryl/α,β-unsaturated/α-hetero) is 1. The first-order chi connectivity index (χ1) is 18.8. The molecule has 9 nitrogen and oxygen atoms in total. The number of nitriles is 1. The van der Waals surface area contributed by atoms with Crippen LogP contribution >= 0.6 is 11.6 Å². The number of anilines is 1. The van der Waals surface area contributed by atoms with Crippen molar-refractivity contribution < 1.29 is 9.53 Å². The second kappa shape index (κ2) is 11.0. The van der Waals surface area contributed by atoms with Gasteiger partial charge in [-0.3, -0.25) is 9.78 Å². The lowest BCUT2D eigenvalue weighted by atomic mass is 9.75. The maximum Gasteiger partial charge on any atom is 0.165 e. The third kappa shape index (κ3) is 5.44. The predicted octanol–water partition coefficient (Wildman–Crippen LogP) is 4.84. The molecular weight excluding hydrogens is 514 g/mol. The van der Waals surface area contributed by atoms with Gasteiger partial charge in [0, 0.05) is 37.2 Å². The van der Waals surface area contributed by atoms with E-state index in [-0.39, 0.29) is 11.2 Å². The summed E-state index contributed by atoms with van der Waals surface area (Å²) in [6.45, 7) is 6.38. The van der Waals surface area contributed by atoms with Crippen molar-refractivity contribution >= 4 is 28.7 Å². The van der Waals surface area contributed by atoms with E-state index in [0.29, 0.717) is 58.2 Å². The Morgan fingerprint density at radius 3 is 2.69 bits per heavy atom. The molecule has 5 rings (SSSR count). The van der Waals surface area contributed by atoms with Crippen LogP contribution in [0.15, 0.2) is 49.1 Å². The number of hydrogen-bond donors (Lipinski definition) is 1. The number of hydrogen-bond acceptors (Lipinski definition) is 8. The van der Waals surface area contributed by atoms with Crippen LogP contribution in [0.25, 0.3) is 16.8 Å². The molecule has 200 valence electrons. The van der Waals surface area contributed by atoms with Crippen molar-refractivity contribution in [3.05, 3.63) is 70.8 Å². The van der Waals surface area contributed by atoms with Gasteiger partial charge in [-0.25, -0.2) is 9.50 Å². The second-order valence-electron chi connectivity index (χ2n) is 10.3. The van der Waals surface area contributed by atoms with E-state index in [2.05, 4.69) is 23.0 Å². The zero-order chi connectivity index (χ0) is 27.6. The van der Waals surface area contributed by atoms with E-state index in [1.165, 1.54) is 6.20 Å². The minimum atomic E-state index is -0.113. The first-order valence-corrected chi connectivity index (χ1v) is 13.3. The molecule has 0 aliphatic carbocycles. The number of aryl methyl sites for hydroxylation is 1. The molecule has 1 aliphatic heterocycles. The minimum absolute atomic E-state index is 0.0961. The van der Waals surface area contributed by atoms with E-state index >= 15 is 0 Å². The number of ketones is 1. The lowest BCUT2D eigenvalue weighted by molar-refractivity contribution is 0.0898. The van der Waals surface area contributed by atoms with E-state index in [1.54, 1.807) is 29.2 Å². The van der Waals surface area contributed by atoms with E-state index in [1.807, 2.05) is 25.1 Å². The number of nitrogens with two attached hydrogens (primary N) is 1. The summed E-state index contributed by atoms with van der Waals surface area (Å²) < 4.78 is 7.34. The molecule has 1 aromatic carbocycles. The lowest BCUT2D eigenvalue weighted by Crippen LogP contribution is -2.40. The van der Waals surface area contributed by atoms with Gasteiger partial charge in [-0.15, -0.1) is 0 Å². The number of fused-ring (bicyclic) bond motifs is 1. The summed E-state index contributed by atoms with van der Waals surface area (Å²) in [6, 6.07) is 9.60. The molecule has 2 N–H and O–H groups in total. The van der Waals surface area contributed by atoms with Crippen LogP contribution < -0.4 is 15.4 Å². The summed E-state index contributed by atoms with van der Waals surface area (Å²) in [5.74, 6) is 1.45. The van der Waals surface area contributed by atoms with E-state index in [0.717, 1.165) is 37.3 Å². The molecule has 0 atom stereocenters. The summed E-state index contributed by atoms with van der Waals surface area (Å²) in [4.78, 5) is 24.7. The summed E-state index contributed by atoms with van der Waals surface area (Å²) in [6.07, 6.45) is 8.88. The Balaban J connectivity index is 1.31. The molecule has 0 saturated carbocycles. The highest BCUT2D eigenvalue weighted by molar-refractivity contribution is 6.34. The predicted molar refractivity (Wildman–Crippen MR) is 150 cm³/mol. The van der Waals surface area contributed by atoms with Crippen molar-refractivity contribution in [1.82, 2.24) is 19.6 Å². The van der Waals surface area contributed by atoms with Gasteiger partial charge in [-0.2, -0.15) is 10.4 Å². The number of nitrogens with zero attached hydrogens (tertiary/aromatic N) is 6. The lowest BCUT2D eigenvalue weighted by Gasteiger charge is -2.39. The molecule has 0 spiro atoms. The van der Waals surface area contributed by atoms with Gasteiger partial charge in [0.2, 0.25) is 0 Å². The fourth-order valence-corrected chi connectivity index (χ4v) is 5.49. The average Bonchev–Trinajstić information content (AvgIpc) is 3.35. The number of carbonyl (C=O) groups excluding carboxylic acids is 1. The maximum absolute atomic E-state index is 13.1. The Kier molecular flexibility index (Phi) is 7.51. The third-order valence-electron chi connectivity index (χ3n) is 7.39. The van der Waals surface area contributed by atoms with Crippen LogP contribution in [-0.2, 0) is 0 Å². The summed E-state index contributed by atoms with van der Waals surface area (Å²) >= 11 is 6.34. The number of benzene rings is 1. The monoisotopic (exact) mass is 543 g/mol. The van der Waals surface area contributed by atoms with Crippen molar-refractivity contribution in [1.29, 1.82) is 5.26 Å². The van der Waals surface area contributed by atoms with Gasteiger partial charge in [0.1, 0.15) is 24.2 Å². The molecule has 10 heteroatoms. The van der Waals surface area contributed by atoms with Crippen molar-refractivity contribution in [3.8, 4) is 23.1 Å². The Hall–Kier alpha value is -4.00. The molecule has 4 aromatic rings. The number of aromatic nitrogens is 4. The molecule has 1 fully saturated rings. The van der Waals surface area contributed by atoms with Crippen molar-refractivity contribution in [3.63, 3.8) is 0 Å². The fourth-order valence-electron chi connectivity index (χ4n) is 5.17. The molecule has 0 amide bonds. The largest absolute Gasteiger partial charge is 0.491 e. The SMILES string of the molecule is Cc1cccc(Cl)c1C(=O)CC1(C)CCN(c2cnc(-c3cc(OCCN)cn4ncc(C#N)c34)cn2)CC1. The quantitative estimate of drug-likeness (QED) is 0.313. The molecule has 0 unspecified atom stereocenters. The molecule has 3 aromatic heterocycles. The van der Waals surface area contributed by atoms with Gasteiger partial charge in [-0.05, 0) is 42.9 Å². The van der Waals surface area contributed by atoms with Crippen LogP contribution in [0.3, 0.4) is 0 Å². The van der Waals surface area contributed by atoms with E-state index < -0.39 is 0 Å². The first-order valence-electron chi connectivity index (χ1n) is 12.9. The summed E-state index contributed by atoms with van der Waals surface area (Å²) in [5, 5.41) is 14.4. The van der Waals surface area contributed by atoms with Crippen LogP contribution in [0.2, 0.25) is 5.02 Å². The smallest absolute Gasteiger partial charge is 0.165 e. The Morgan fingerprint density at radius 2 is 2.03 bits per heavy atom. The maximum atomic E-state index is 13.1. The molecule has 0 bridgehead atoms. The molecule has 1 aliphatic rings. The van der Waals surface area contributed by atoms with Gasteiger partial charge in [0.05, 0.1) is 46.6 Å². The van der Waals surface area contributed by atoms with Crippen LogP contribution in [0, 0.1) is 23.7 Å². The molecule has 0 radical (unpaired) electrons. The summed E-state index contributed by atoms with van der Waals surface area (Å²) in [5.41, 5.74) is 9.43. The molecule has 1 saturated heterocycles. The Morgan fingerprint density at radius 1 is 1.23 bits per heavy atom. The topological polar surface area (TPSA) is 122 Å². The minimum Gasteiger partial charge on any atom is -0.491 e. The van der Waals surface area contributed by atoms with Crippen LogP contribution in [0.5, 0.6) is 5.75 Å². The molecular formula is C29H30ClN7O2.